The van der Waals surface area contributed by atoms with Crippen LogP contribution in [0.1, 0.15) is 16.8 Å². The van der Waals surface area contributed by atoms with E-state index in [0.717, 1.165) is 28.0 Å². The summed E-state index contributed by atoms with van der Waals surface area (Å²) >= 11 is 0. The van der Waals surface area contributed by atoms with Gasteiger partial charge in [-0.05, 0) is 54.4 Å². The molecule has 4 rings (SSSR count). The van der Waals surface area contributed by atoms with Crippen molar-refractivity contribution < 1.29 is 4.39 Å². The van der Waals surface area contributed by atoms with Crippen LogP contribution in [-0.2, 0) is 6.42 Å². The second-order valence-electron chi connectivity index (χ2n) is 5.99. The zero-order chi connectivity index (χ0) is 17.2. The summed E-state index contributed by atoms with van der Waals surface area (Å²) in [5.41, 5.74) is 6.59. The molecule has 0 radical (unpaired) electrons. The molecule has 0 bridgehead atoms. The van der Waals surface area contributed by atoms with E-state index in [9.17, 15) is 4.39 Å². The molecule has 0 atom stereocenters. The molecule has 0 amide bonds. The molecule has 2 aromatic carbocycles. The number of aromatic nitrogens is 3. The van der Waals surface area contributed by atoms with Crippen LogP contribution in [0.15, 0.2) is 67.0 Å². The lowest BCUT2D eigenvalue weighted by Gasteiger charge is -2.08. The van der Waals surface area contributed by atoms with Gasteiger partial charge >= 0.3 is 0 Å². The third kappa shape index (κ3) is 3.11. The molecule has 122 valence electrons. The summed E-state index contributed by atoms with van der Waals surface area (Å²) < 4.78 is 13.2. The van der Waals surface area contributed by atoms with E-state index in [1.807, 2.05) is 24.3 Å². The zero-order valence-electron chi connectivity index (χ0n) is 13.8. The standard InChI is InChI=1S/C21H16FN3/c1-14-4-2-3-5-16(14)12-20-21-19(23-13-24-20)11-10-18(25-21)15-6-8-17(22)9-7-15/h2-11,13H,12H2,1H3. The molecule has 2 heterocycles. The number of benzene rings is 2. The van der Waals surface area contributed by atoms with E-state index in [1.165, 1.54) is 23.3 Å². The van der Waals surface area contributed by atoms with Crippen LogP contribution in [0.25, 0.3) is 22.3 Å². The first kappa shape index (κ1) is 15.4. The maximum atomic E-state index is 13.2. The fourth-order valence-electron chi connectivity index (χ4n) is 2.89. The van der Waals surface area contributed by atoms with E-state index in [4.69, 9.17) is 4.98 Å². The highest BCUT2D eigenvalue weighted by Crippen LogP contribution is 2.23. The van der Waals surface area contributed by atoms with E-state index >= 15 is 0 Å². The molecule has 0 saturated carbocycles. The molecule has 0 spiro atoms. The second-order valence-corrected chi connectivity index (χ2v) is 5.99. The fraction of sp³-hybridized carbons (Fsp3) is 0.0952. The lowest BCUT2D eigenvalue weighted by atomic mass is 10.0. The molecule has 0 saturated heterocycles. The van der Waals surface area contributed by atoms with Crippen molar-refractivity contribution in [2.45, 2.75) is 13.3 Å². The molecule has 4 aromatic rings. The fourth-order valence-corrected chi connectivity index (χ4v) is 2.89. The second kappa shape index (κ2) is 6.40. The van der Waals surface area contributed by atoms with Gasteiger partial charge in [0, 0.05) is 12.0 Å². The minimum Gasteiger partial charge on any atom is -0.244 e. The van der Waals surface area contributed by atoms with Gasteiger partial charge in [-0.1, -0.05) is 24.3 Å². The molecule has 0 N–H and O–H groups in total. The molecule has 3 nitrogen and oxygen atoms in total. The van der Waals surface area contributed by atoms with Gasteiger partial charge in [-0.3, -0.25) is 0 Å². The Kier molecular flexibility index (Phi) is 3.94. The van der Waals surface area contributed by atoms with Crippen molar-refractivity contribution >= 4 is 11.0 Å². The van der Waals surface area contributed by atoms with Gasteiger partial charge in [0.2, 0.25) is 0 Å². The molecule has 0 unspecified atom stereocenters. The summed E-state index contributed by atoms with van der Waals surface area (Å²) in [6.07, 6.45) is 2.28. The lowest BCUT2D eigenvalue weighted by molar-refractivity contribution is 0.628. The Hall–Kier alpha value is -3.14. The topological polar surface area (TPSA) is 38.7 Å². The largest absolute Gasteiger partial charge is 0.244 e. The third-order valence-corrected chi connectivity index (χ3v) is 4.32. The predicted molar refractivity (Wildman–Crippen MR) is 96.7 cm³/mol. The quantitative estimate of drug-likeness (QED) is 0.545. The number of hydrogen-bond acceptors (Lipinski definition) is 3. The van der Waals surface area contributed by atoms with E-state index in [2.05, 4.69) is 29.0 Å². The van der Waals surface area contributed by atoms with Gasteiger partial charge in [-0.15, -0.1) is 0 Å². The molecule has 2 aromatic heterocycles. The molecule has 25 heavy (non-hydrogen) atoms. The van der Waals surface area contributed by atoms with Gasteiger partial charge in [0.25, 0.3) is 0 Å². The van der Waals surface area contributed by atoms with Crippen LogP contribution < -0.4 is 0 Å². The Morgan fingerprint density at radius 2 is 1.68 bits per heavy atom. The minimum atomic E-state index is -0.256. The van der Waals surface area contributed by atoms with Crippen LogP contribution in [0, 0.1) is 12.7 Å². The lowest BCUT2D eigenvalue weighted by Crippen LogP contribution is -1.99. The molecule has 0 fully saturated rings. The van der Waals surface area contributed by atoms with Crippen molar-refractivity contribution in [3.63, 3.8) is 0 Å². The first-order chi connectivity index (χ1) is 12.2. The van der Waals surface area contributed by atoms with Gasteiger partial charge in [0.05, 0.1) is 16.9 Å². The summed E-state index contributed by atoms with van der Waals surface area (Å²) in [4.78, 5) is 13.5. The number of pyridine rings is 1. The van der Waals surface area contributed by atoms with Crippen molar-refractivity contribution in [2.24, 2.45) is 0 Å². The summed E-state index contributed by atoms with van der Waals surface area (Å²) in [6.45, 7) is 2.09. The Labute approximate surface area is 145 Å². The Morgan fingerprint density at radius 3 is 2.48 bits per heavy atom. The van der Waals surface area contributed by atoms with Crippen LogP contribution in [0.5, 0.6) is 0 Å². The van der Waals surface area contributed by atoms with E-state index in [1.54, 1.807) is 18.5 Å². The highest BCUT2D eigenvalue weighted by atomic mass is 19.1. The molecule has 0 aliphatic heterocycles. The summed E-state index contributed by atoms with van der Waals surface area (Å²) in [6, 6.07) is 18.4. The summed E-state index contributed by atoms with van der Waals surface area (Å²) in [5.74, 6) is -0.256. The minimum absolute atomic E-state index is 0.256. The molecular weight excluding hydrogens is 313 g/mol. The first-order valence-electron chi connectivity index (χ1n) is 8.12. The van der Waals surface area contributed by atoms with E-state index in [0.29, 0.717) is 6.42 Å². The van der Waals surface area contributed by atoms with Crippen LogP contribution in [0.4, 0.5) is 4.39 Å². The van der Waals surface area contributed by atoms with Crippen LogP contribution in [0.3, 0.4) is 0 Å². The average molecular weight is 329 g/mol. The third-order valence-electron chi connectivity index (χ3n) is 4.32. The maximum absolute atomic E-state index is 13.2. The number of hydrogen-bond donors (Lipinski definition) is 0. The zero-order valence-corrected chi connectivity index (χ0v) is 13.8. The van der Waals surface area contributed by atoms with E-state index in [-0.39, 0.29) is 5.82 Å². The number of fused-ring (bicyclic) bond motifs is 1. The van der Waals surface area contributed by atoms with Gasteiger partial charge in [0.15, 0.2) is 0 Å². The monoisotopic (exact) mass is 329 g/mol. The Balaban J connectivity index is 1.81. The SMILES string of the molecule is Cc1ccccc1Cc1ncnc2ccc(-c3ccc(F)cc3)nc12. The van der Waals surface area contributed by atoms with E-state index < -0.39 is 0 Å². The Bertz CT molecular complexity index is 1040. The number of nitrogens with zero attached hydrogens (tertiary/aromatic N) is 3. The highest BCUT2D eigenvalue weighted by molar-refractivity contribution is 5.80. The van der Waals surface area contributed by atoms with Crippen LogP contribution in [0.2, 0.25) is 0 Å². The van der Waals surface area contributed by atoms with Crippen LogP contribution >= 0.6 is 0 Å². The smallest absolute Gasteiger partial charge is 0.123 e. The van der Waals surface area contributed by atoms with Gasteiger partial charge in [-0.2, -0.15) is 0 Å². The van der Waals surface area contributed by atoms with Crippen LogP contribution in [-0.4, -0.2) is 15.0 Å². The van der Waals surface area contributed by atoms with Crippen molar-refractivity contribution in [3.05, 3.63) is 89.6 Å². The average Bonchev–Trinajstić information content (AvgIpc) is 2.64. The summed E-state index contributed by atoms with van der Waals surface area (Å²) in [5, 5.41) is 0. The molecule has 0 aliphatic rings. The first-order valence-corrected chi connectivity index (χ1v) is 8.12. The Morgan fingerprint density at radius 1 is 0.880 bits per heavy atom. The maximum Gasteiger partial charge on any atom is 0.123 e. The van der Waals surface area contributed by atoms with Gasteiger partial charge in [-0.25, -0.2) is 19.3 Å². The number of aryl methyl sites for hydroxylation is 1. The molecule has 0 aliphatic carbocycles. The van der Waals surface area contributed by atoms with Crippen molar-refractivity contribution in [1.29, 1.82) is 0 Å². The van der Waals surface area contributed by atoms with Crippen molar-refractivity contribution in [1.82, 2.24) is 15.0 Å². The number of rotatable bonds is 3. The van der Waals surface area contributed by atoms with Crippen molar-refractivity contribution in [3.8, 4) is 11.3 Å². The summed E-state index contributed by atoms with van der Waals surface area (Å²) in [7, 11) is 0. The highest BCUT2D eigenvalue weighted by Gasteiger charge is 2.10. The predicted octanol–water partition coefficient (Wildman–Crippen LogP) is 4.73. The molecular formula is C21H16FN3. The normalized spacial score (nSPS) is 11.0. The number of halogens is 1. The van der Waals surface area contributed by atoms with Gasteiger partial charge < -0.3 is 0 Å². The molecule has 4 heteroatoms. The van der Waals surface area contributed by atoms with Gasteiger partial charge in [0.1, 0.15) is 17.7 Å². The van der Waals surface area contributed by atoms with Crippen molar-refractivity contribution in [2.75, 3.05) is 0 Å².